The van der Waals surface area contributed by atoms with Crippen molar-refractivity contribution >= 4 is 5.97 Å². The highest BCUT2D eigenvalue weighted by atomic mass is 16.6. The maximum absolute atomic E-state index is 12.5. The van der Waals surface area contributed by atoms with E-state index >= 15 is 0 Å². The molecule has 0 radical (unpaired) electrons. The highest BCUT2D eigenvalue weighted by molar-refractivity contribution is 5.78. The Hall–Kier alpha value is -0.570. The van der Waals surface area contributed by atoms with E-state index in [0.29, 0.717) is 6.61 Å². The van der Waals surface area contributed by atoms with Crippen molar-refractivity contribution in [3.8, 4) is 0 Å². The van der Waals surface area contributed by atoms with Crippen LogP contribution in [0, 0.1) is 17.3 Å². The summed E-state index contributed by atoms with van der Waals surface area (Å²) < 4.78 is 10.8. The Morgan fingerprint density at radius 1 is 1.06 bits per heavy atom. The quantitative estimate of drug-likeness (QED) is 0.696. The van der Waals surface area contributed by atoms with E-state index in [-0.39, 0.29) is 17.8 Å². The van der Waals surface area contributed by atoms with E-state index in [1.807, 2.05) is 48.5 Å². The number of hydrogen-bond donors (Lipinski definition) is 0. The SMILES string of the molecule is COCC(C(=O)OC(C)(C)C)(C(C)C)C(C)C. The van der Waals surface area contributed by atoms with Crippen molar-refractivity contribution in [2.75, 3.05) is 13.7 Å². The molecule has 0 saturated heterocycles. The molecule has 0 aliphatic heterocycles. The minimum atomic E-state index is -0.567. The Balaban J connectivity index is 5.22. The van der Waals surface area contributed by atoms with Gasteiger partial charge in [-0.05, 0) is 32.6 Å². The van der Waals surface area contributed by atoms with Crippen molar-refractivity contribution in [3.63, 3.8) is 0 Å². The van der Waals surface area contributed by atoms with E-state index in [1.54, 1.807) is 7.11 Å². The summed E-state index contributed by atoms with van der Waals surface area (Å²) in [6.45, 7) is 14.3. The van der Waals surface area contributed by atoms with Crippen molar-refractivity contribution in [1.82, 2.24) is 0 Å². The fraction of sp³-hybridized carbons (Fsp3) is 0.929. The van der Waals surface area contributed by atoms with Gasteiger partial charge in [0.05, 0.1) is 12.0 Å². The van der Waals surface area contributed by atoms with Gasteiger partial charge < -0.3 is 9.47 Å². The van der Waals surface area contributed by atoms with E-state index in [0.717, 1.165) is 0 Å². The van der Waals surface area contributed by atoms with Crippen LogP contribution in [0.4, 0.5) is 0 Å². The monoisotopic (exact) mass is 244 g/mol. The van der Waals surface area contributed by atoms with Gasteiger partial charge in [-0.25, -0.2) is 0 Å². The Kier molecular flexibility index (Phi) is 5.66. The number of carbonyl (C=O) groups excluding carboxylic acids is 1. The molecule has 0 saturated carbocycles. The molecule has 102 valence electrons. The molecule has 0 aromatic heterocycles. The van der Waals surface area contributed by atoms with E-state index in [2.05, 4.69) is 0 Å². The standard InChI is InChI=1S/C14H28O3/c1-10(2)14(9-16-8,11(3)4)12(15)17-13(5,6)7/h10-11H,9H2,1-8H3. The van der Waals surface area contributed by atoms with Crippen LogP contribution in [0.25, 0.3) is 0 Å². The smallest absolute Gasteiger partial charge is 0.315 e. The lowest BCUT2D eigenvalue weighted by Crippen LogP contribution is -2.48. The normalized spacial score (nSPS) is 13.3. The van der Waals surface area contributed by atoms with Crippen LogP contribution >= 0.6 is 0 Å². The maximum atomic E-state index is 12.5. The molecule has 0 atom stereocenters. The molecule has 0 aliphatic rings. The van der Waals surface area contributed by atoms with Gasteiger partial charge in [0.15, 0.2) is 0 Å². The summed E-state index contributed by atoms with van der Waals surface area (Å²) in [5, 5.41) is 0. The van der Waals surface area contributed by atoms with Crippen LogP contribution in [0.2, 0.25) is 0 Å². The van der Waals surface area contributed by atoms with Crippen LogP contribution in [-0.4, -0.2) is 25.3 Å². The number of ether oxygens (including phenoxy) is 2. The minimum absolute atomic E-state index is 0.156. The third-order valence-corrected chi connectivity index (χ3v) is 3.22. The van der Waals surface area contributed by atoms with E-state index in [4.69, 9.17) is 9.47 Å². The van der Waals surface area contributed by atoms with Gasteiger partial charge >= 0.3 is 5.97 Å². The van der Waals surface area contributed by atoms with Crippen LogP contribution in [-0.2, 0) is 14.3 Å². The number of methoxy groups -OCH3 is 1. The fourth-order valence-corrected chi connectivity index (χ4v) is 2.14. The molecule has 17 heavy (non-hydrogen) atoms. The van der Waals surface area contributed by atoms with Crippen molar-refractivity contribution < 1.29 is 14.3 Å². The molecule has 0 aliphatic carbocycles. The number of hydrogen-bond acceptors (Lipinski definition) is 3. The zero-order chi connectivity index (χ0) is 13.9. The molecule has 0 aromatic carbocycles. The van der Waals surface area contributed by atoms with Crippen molar-refractivity contribution in [3.05, 3.63) is 0 Å². The zero-order valence-electron chi connectivity index (χ0n) is 12.6. The first-order chi connectivity index (χ1) is 7.58. The van der Waals surface area contributed by atoms with Crippen molar-refractivity contribution in [2.24, 2.45) is 17.3 Å². The molecule has 0 rings (SSSR count). The third kappa shape index (κ3) is 3.98. The number of rotatable bonds is 5. The molecular formula is C14H28O3. The van der Waals surface area contributed by atoms with E-state index in [9.17, 15) is 4.79 Å². The molecule has 3 nitrogen and oxygen atoms in total. The molecule has 3 heteroatoms. The number of esters is 1. The second-order valence-electron chi connectivity index (χ2n) is 6.28. The lowest BCUT2D eigenvalue weighted by molar-refractivity contribution is -0.179. The summed E-state index contributed by atoms with van der Waals surface area (Å²) in [6.07, 6.45) is 0. The molecule has 0 unspecified atom stereocenters. The Morgan fingerprint density at radius 3 is 1.71 bits per heavy atom. The summed E-state index contributed by atoms with van der Waals surface area (Å²) in [7, 11) is 1.63. The summed E-state index contributed by atoms with van der Waals surface area (Å²) in [5.41, 5.74) is -1.03. The molecular weight excluding hydrogens is 216 g/mol. The van der Waals surface area contributed by atoms with E-state index in [1.165, 1.54) is 0 Å². The Labute approximate surface area is 106 Å². The lowest BCUT2D eigenvalue weighted by Gasteiger charge is -2.40. The van der Waals surface area contributed by atoms with Gasteiger partial charge in [0.2, 0.25) is 0 Å². The first-order valence-corrected chi connectivity index (χ1v) is 6.30. The first-order valence-electron chi connectivity index (χ1n) is 6.30. The maximum Gasteiger partial charge on any atom is 0.315 e. The molecule has 0 bridgehead atoms. The van der Waals surface area contributed by atoms with Gasteiger partial charge in [0, 0.05) is 7.11 Å². The van der Waals surface area contributed by atoms with Gasteiger partial charge in [-0.15, -0.1) is 0 Å². The highest BCUT2D eigenvalue weighted by Crippen LogP contribution is 2.38. The molecule has 0 heterocycles. The van der Waals surface area contributed by atoms with Gasteiger partial charge in [-0.2, -0.15) is 0 Å². The average molecular weight is 244 g/mol. The molecule has 0 amide bonds. The summed E-state index contributed by atoms with van der Waals surface area (Å²) in [5.74, 6) is 0.200. The van der Waals surface area contributed by atoms with Crippen LogP contribution in [0.15, 0.2) is 0 Å². The van der Waals surface area contributed by atoms with Crippen molar-refractivity contribution in [1.29, 1.82) is 0 Å². The van der Waals surface area contributed by atoms with Crippen LogP contribution in [0.5, 0.6) is 0 Å². The van der Waals surface area contributed by atoms with Crippen LogP contribution in [0.3, 0.4) is 0 Å². The van der Waals surface area contributed by atoms with Gasteiger partial charge in [0.25, 0.3) is 0 Å². The van der Waals surface area contributed by atoms with E-state index < -0.39 is 11.0 Å². The second kappa shape index (κ2) is 5.85. The summed E-state index contributed by atoms with van der Waals surface area (Å²) >= 11 is 0. The fourth-order valence-electron chi connectivity index (χ4n) is 2.14. The Bertz CT molecular complexity index is 241. The Morgan fingerprint density at radius 2 is 1.47 bits per heavy atom. The third-order valence-electron chi connectivity index (χ3n) is 3.22. The molecule has 0 fully saturated rings. The molecule has 0 aromatic rings. The highest BCUT2D eigenvalue weighted by Gasteiger charge is 2.47. The largest absolute Gasteiger partial charge is 0.459 e. The zero-order valence-corrected chi connectivity index (χ0v) is 12.6. The minimum Gasteiger partial charge on any atom is -0.459 e. The number of carbonyl (C=O) groups is 1. The second-order valence-corrected chi connectivity index (χ2v) is 6.28. The topological polar surface area (TPSA) is 35.5 Å². The summed E-state index contributed by atoms with van der Waals surface area (Å²) in [6, 6.07) is 0. The summed E-state index contributed by atoms with van der Waals surface area (Å²) in [4.78, 5) is 12.5. The van der Waals surface area contributed by atoms with Crippen LogP contribution in [0.1, 0.15) is 48.5 Å². The predicted molar refractivity (Wildman–Crippen MR) is 69.8 cm³/mol. The molecule has 0 spiro atoms. The van der Waals surface area contributed by atoms with Gasteiger partial charge in [-0.1, -0.05) is 27.7 Å². The predicted octanol–water partition coefficient (Wildman–Crippen LogP) is 3.27. The van der Waals surface area contributed by atoms with Crippen LogP contribution < -0.4 is 0 Å². The van der Waals surface area contributed by atoms with Gasteiger partial charge in [-0.3, -0.25) is 4.79 Å². The first kappa shape index (κ1) is 16.4. The lowest BCUT2D eigenvalue weighted by atomic mass is 9.69. The van der Waals surface area contributed by atoms with Gasteiger partial charge in [0.1, 0.15) is 5.60 Å². The molecule has 0 N–H and O–H groups in total. The van der Waals surface area contributed by atoms with Crippen molar-refractivity contribution in [2.45, 2.75) is 54.1 Å². The average Bonchev–Trinajstić information content (AvgIpc) is 2.09.